The van der Waals surface area contributed by atoms with Gasteiger partial charge < -0.3 is 11.5 Å². The Bertz CT molecular complexity index is 131. The van der Waals surface area contributed by atoms with Crippen LogP contribution in [0, 0.1) is 5.92 Å². The topological polar surface area (TPSA) is 69.1 Å². The molecule has 11 heavy (non-hydrogen) atoms. The Balaban J connectivity index is 0. The van der Waals surface area contributed by atoms with E-state index in [1.165, 1.54) is 0 Å². The molecule has 1 atom stereocenters. The molecule has 1 unspecified atom stereocenters. The summed E-state index contributed by atoms with van der Waals surface area (Å²) in [6, 6.07) is 0. The van der Waals surface area contributed by atoms with E-state index in [2.05, 4.69) is 0 Å². The summed E-state index contributed by atoms with van der Waals surface area (Å²) in [7, 11) is 0. The van der Waals surface area contributed by atoms with Gasteiger partial charge in [0.15, 0.2) is 0 Å². The van der Waals surface area contributed by atoms with Crippen molar-refractivity contribution in [3.63, 3.8) is 0 Å². The molecule has 0 aromatic heterocycles. The molecule has 0 radical (unpaired) electrons. The molecule has 0 saturated heterocycles. The van der Waals surface area contributed by atoms with Crippen LogP contribution in [0.15, 0.2) is 0 Å². The van der Waals surface area contributed by atoms with Crippen LogP contribution in [0.3, 0.4) is 0 Å². The van der Waals surface area contributed by atoms with Gasteiger partial charge in [-0.05, 0) is 20.3 Å². The van der Waals surface area contributed by atoms with Crippen LogP contribution in [0.25, 0.3) is 0 Å². The Kier molecular flexibility index (Phi) is 5.53. The number of carbonyl (C=O) groups is 1. The molecule has 68 valence electrons. The lowest BCUT2D eigenvalue weighted by Crippen LogP contribution is -2.37. The SMILES string of the molecule is CC(CC(C)(C)N)C(N)=O.Cl. The van der Waals surface area contributed by atoms with Gasteiger partial charge in [0.25, 0.3) is 0 Å². The Morgan fingerprint density at radius 2 is 1.91 bits per heavy atom. The second kappa shape index (κ2) is 4.57. The number of hydrogen-bond acceptors (Lipinski definition) is 2. The smallest absolute Gasteiger partial charge is 0.220 e. The summed E-state index contributed by atoms with van der Waals surface area (Å²) in [5.41, 5.74) is 10.4. The van der Waals surface area contributed by atoms with E-state index in [0.29, 0.717) is 6.42 Å². The minimum atomic E-state index is -0.297. The lowest BCUT2D eigenvalue weighted by molar-refractivity contribution is -0.121. The van der Waals surface area contributed by atoms with E-state index < -0.39 is 0 Å². The van der Waals surface area contributed by atoms with Crippen LogP contribution in [0.5, 0.6) is 0 Å². The van der Waals surface area contributed by atoms with E-state index in [0.717, 1.165) is 0 Å². The molecule has 0 saturated carbocycles. The van der Waals surface area contributed by atoms with Gasteiger partial charge in [0.1, 0.15) is 0 Å². The van der Waals surface area contributed by atoms with Gasteiger partial charge in [-0.2, -0.15) is 0 Å². The Labute approximate surface area is 73.9 Å². The van der Waals surface area contributed by atoms with E-state index in [4.69, 9.17) is 11.5 Å². The number of primary amides is 1. The van der Waals surface area contributed by atoms with Crippen LogP contribution in [-0.2, 0) is 4.79 Å². The number of nitrogens with two attached hydrogens (primary N) is 2. The molecule has 1 amide bonds. The van der Waals surface area contributed by atoms with Crippen molar-refractivity contribution in [2.75, 3.05) is 0 Å². The summed E-state index contributed by atoms with van der Waals surface area (Å²) in [6.07, 6.45) is 0.641. The normalized spacial score (nSPS) is 13.5. The van der Waals surface area contributed by atoms with Crippen molar-refractivity contribution in [1.82, 2.24) is 0 Å². The second-order valence-electron chi connectivity index (χ2n) is 3.50. The van der Waals surface area contributed by atoms with Gasteiger partial charge in [-0.3, -0.25) is 4.79 Å². The standard InChI is InChI=1S/C7H16N2O.ClH/c1-5(6(8)10)4-7(2,3)9;/h5H,4,9H2,1-3H3,(H2,8,10);1H. The van der Waals surface area contributed by atoms with Gasteiger partial charge in [0.2, 0.25) is 5.91 Å². The highest BCUT2D eigenvalue weighted by molar-refractivity contribution is 5.85. The molecule has 0 aliphatic rings. The zero-order chi connectivity index (χ0) is 8.36. The Morgan fingerprint density at radius 1 is 1.55 bits per heavy atom. The van der Waals surface area contributed by atoms with Crippen LogP contribution in [0.4, 0.5) is 0 Å². The largest absolute Gasteiger partial charge is 0.369 e. The van der Waals surface area contributed by atoms with E-state index in [1.54, 1.807) is 6.92 Å². The molecule has 0 aromatic carbocycles. The van der Waals surface area contributed by atoms with Crippen molar-refractivity contribution in [2.45, 2.75) is 32.7 Å². The molecule has 0 bridgehead atoms. The van der Waals surface area contributed by atoms with Crippen LogP contribution in [0.1, 0.15) is 27.2 Å². The first kappa shape index (κ1) is 13.3. The van der Waals surface area contributed by atoms with Crippen molar-refractivity contribution in [2.24, 2.45) is 17.4 Å². The average Bonchev–Trinajstić information content (AvgIpc) is 1.60. The molecule has 0 heterocycles. The van der Waals surface area contributed by atoms with E-state index in [1.807, 2.05) is 13.8 Å². The lowest BCUT2D eigenvalue weighted by atomic mass is 9.92. The number of rotatable bonds is 3. The molecule has 4 heteroatoms. The van der Waals surface area contributed by atoms with E-state index in [-0.39, 0.29) is 29.8 Å². The third-order valence-corrected chi connectivity index (χ3v) is 1.32. The van der Waals surface area contributed by atoms with Crippen molar-refractivity contribution < 1.29 is 4.79 Å². The molecular formula is C7H17ClN2O. The third-order valence-electron chi connectivity index (χ3n) is 1.32. The van der Waals surface area contributed by atoms with Gasteiger partial charge in [-0.15, -0.1) is 12.4 Å². The Morgan fingerprint density at radius 3 is 2.00 bits per heavy atom. The maximum absolute atomic E-state index is 10.5. The van der Waals surface area contributed by atoms with Crippen molar-refractivity contribution in [3.8, 4) is 0 Å². The van der Waals surface area contributed by atoms with Gasteiger partial charge in [-0.1, -0.05) is 6.92 Å². The quantitative estimate of drug-likeness (QED) is 0.670. The highest BCUT2D eigenvalue weighted by Crippen LogP contribution is 2.11. The molecular weight excluding hydrogens is 164 g/mol. The highest BCUT2D eigenvalue weighted by atomic mass is 35.5. The fraction of sp³-hybridized carbons (Fsp3) is 0.857. The van der Waals surface area contributed by atoms with Gasteiger partial charge in [0, 0.05) is 11.5 Å². The maximum atomic E-state index is 10.5. The van der Waals surface area contributed by atoms with Crippen molar-refractivity contribution in [3.05, 3.63) is 0 Å². The minimum Gasteiger partial charge on any atom is -0.369 e. The minimum absolute atomic E-state index is 0. The van der Waals surface area contributed by atoms with Crippen LogP contribution < -0.4 is 11.5 Å². The average molecular weight is 181 g/mol. The van der Waals surface area contributed by atoms with Crippen LogP contribution >= 0.6 is 12.4 Å². The third kappa shape index (κ3) is 7.62. The summed E-state index contributed by atoms with van der Waals surface area (Å²) in [6.45, 7) is 5.55. The molecule has 0 aliphatic carbocycles. The van der Waals surface area contributed by atoms with Crippen LogP contribution in [-0.4, -0.2) is 11.4 Å². The molecule has 0 aromatic rings. The zero-order valence-corrected chi connectivity index (χ0v) is 8.07. The van der Waals surface area contributed by atoms with Gasteiger partial charge in [-0.25, -0.2) is 0 Å². The molecule has 0 rings (SSSR count). The molecule has 3 nitrogen and oxygen atoms in total. The van der Waals surface area contributed by atoms with Gasteiger partial charge >= 0.3 is 0 Å². The summed E-state index contributed by atoms with van der Waals surface area (Å²) in [5, 5.41) is 0. The Hall–Kier alpha value is -0.280. The van der Waals surface area contributed by atoms with Crippen molar-refractivity contribution >= 4 is 18.3 Å². The summed E-state index contributed by atoms with van der Waals surface area (Å²) in [4.78, 5) is 10.5. The highest BCUT2D eigenvalue weighted by Gasteiger charge is 2.18. The number of hydrogen-bond donors (Lipinski definition) is 2. The van der Waals surface area contributed by atoms with Crippen LogP contribution in [0.2, 0.25) is 0 Å². The first-order chi connectivity index (χ1) is 4.33. The summed E-state index contributed by atoms with van der Waals surface area (Å²) in [5.74, 6) is -0.404. The maximum Gasteiger partial charge on any atom is 0.220 e. The van der Waals surface area contributed by atoms with Crippen molar-refractivity contribution in [1.29, 1.82) is 0 Å². The zero-order valence-electron chi connectivity index (χ0n) is 7.26. The van der Waals surface area contributed by atoms with E-state index >= 15 is 0 Å². The fourth-order valence-corrected chi connectivity index (χ4v) is 0.890. The number of carbonyl (C=O) groups excluding carboxylic acids is 1. The number of amides is 1. The predicted molar refractivity (Wildman–Crippen MR) is 48.5 cm³/mol. The van der Waals surface area contributed by atoms with E-state index in [9.17, 15) is 4.79 Å². The first-order valence-corrected chi connectivity index (χ1v) is 3.41. The monoisotopic (exact) mass is 180 g/mol. The van der Waals surface area contributed by atoms with Gasteiger partial charge in [0.05, 0.1) is 0 Å². The molecule has 0 spiro atoms. The first-order valence-electron chi connectivity index (χ1n) is 3.41. The molecule has 0 fully saturated rings. The second-order valence-corrected chi connectivity index (χ2v) is 3.50. The predicted octanol–water partition coefficient (Wildman–Crippen LogP) is 0.657. The molecule has 4 N–H and O–H groups in total. The molecule has 0 aliphatic heterocycles. The summed E-state index contributed by atoms with van der Waals surface area (Å²) >= 11 is 0. The lowest BCUT2D eigenvalue weighted by Gasteiger charge is -2.20. The number of halogens is 1. The fourth-order valence-electron chi connectivity index (χ4n) is 0.890. The summed E-state index contributed by atoms with van der Waals surface area (Å²) < 4.78 is 0.